The molecule has 0 spiro atoms. The average Bonchev–Trinajstić information content (AvgIpc) is 3.08. The number of rotatable bonds is 11. The molecule has 2 aliphatic carbocycles. The van der Waals surface area contributed by atoms with E-state index < -0.39 is 0 Å². The fourth-order valence-corrected chi connectivity index (χ4v) is 13.2. The van der Waals surface area contributed by atoms with Crippen LogP contribution < -0.4 is 5.30 Å². The van der Waals surface area contributed by atoms with Gasteiger partial charge in [-0.15, -0.1) is 0 Å². The second-order valence-corrected chi connectivity index (χ2v) is 20.5. The molecule has 49 heavy (non-hydrogen) atoms. The van der Waals surface area contributed by atoms with Gasteiger partial charge in [-0.3, -0.25) is 0 Å². The van der Waals surface area contributed by atoms with Gasteiger partial charge in [0.05, 0.1) is 0 Å². The van der Waals surface area contributed by atoms with Crippen LogP contribution in [0.15, 0.2) is 42.5 Å². The lowest BCUT2D eigenvalue weighted by Crippen LogP contribution is -2.29. The molecule has 268 valence electrons. The molecule has 0 radical (unpaired) electrons. The summed E-state index contributed by atoms with van der Waals surface area (Å²) in [5, 5.41) is 1.79. The van der Waals surface area contributed by atoms with Gasteiger partial charge in [0.2, 0.25) is 0 Å². The van der Waals surface area contributed by atoms with Crippen LogP contribution in [0.1, 0.15) is 216 Å². The van der Waals surface area contributed by atoms with Crippen LogP contribution in [0.3, 0.4) is 0 Å². The third-order valence-corrected chi connectivity index (χ3v) is 15.6. The van der Waals surface area contributed by atoms with Gasteiger partial charge >= 0.3 is 0 Å². The summed E-state index contributed by atoms with van der Waals surface area (Å²) in [7, 11) is -0.348. The Bertz CT molecular complexity index is 1370. The van der Waals surface area contributed by atoms with E-state index in [0.29, 0.717) is 35.5 Å². The molecule has 0 amide bonds. The largest absolute Gasteiger partial charge is 0.0676 e. The van der Waals surface area contributed by atoms with E-state index in [4.69, 9.17) is 0 Å². The van der Waals surface area contributed by atoms with E-state index in [9.17, 15) is 0 Å². The highest BCUT2D eigenvalue weighted by molar-refractivity contribution is 7.67. The van der Waals surface area contributed by atoms with Gasteiger partial charge in [0.15, 0.2) is 0 Å². The molecule has 0 saturated heterocycles. The third kappa shape index (κ3) is 8.27. The van der Waals surface area contributed by atoms with Crippen LogP contribution in [0.25, 0.3) is 22.3 Å². The zero-order chi connectivity index (χ0) is 35.6. The minimum Gasteiger partial charge on any atom is -0.0676 e. The van der Waals surface area contributed by atoms with E-state index in [1.54, 1.807) is 49.8 Å². The number of hydrogen-bond acceptors (Lipinski definition) is 0. The quantitative estimate of drug-likeness (QED) is 0.177. The van der Waals surface area contributed by atoms with Crippen LogP contribution in [0, 0.1) is 0 Å². The van der Waals surface area contributed by atoms with E-state index >= 15 is 0 Å². The molecule has 0 heterocycles. The minimum absolute atomic E-state index is 0.348. The molecular weight excluding hydrogens is 608 g/mol. The summed E-state index contributed by atoms with van der Waals surface area (Å²) in [6, 6.07) is 18.1. The Hall–Kier alpha value is -1.91. The first-order valence-corrected chi connectivity index (χ1v) is 22.1. The first kappa shape index (κ1) is 38.3. The van der Waals surface area contributed by atoms with E-state index in [1.165, 1.54) is 75.3 Å². The molecule has 3 aromatic rings. The molecule has 0 N–H and O–H groups in total. The van der Waals surface area contributed by atoms with Crippen molar-refractivity contribution >= 4 is 13.2 Å². The smallest absolute Gasteiger partial charge is 0.00783 e. The summed E-state index contributed by atoms with van der Waals surface area (Å²) in [5.41, 5.74) is 17.3. The lowest BCUT2D eigenvalue weighted by molar-refractivity contribution is 0.487. The Balaban J connectivity index is 1.97. The molecule has 0 nitrogen and oxygen atoms in total. The predicted octanol–water partition coefficient (Wildman–Crippen LogP) is 15.5. The Labute approximate surface area is 304 Å². The van der Waals surface area contributed by atoms with E-state index in [0.717, 1.165) is 11.3 Å². The second-order valence-electron chi connectivity index (χ2n) is 17.8. The molecule has 0 aliphatic heterocycles. The van der Waals surface area contributed by atoms with Crippen LogP contribution in [-0.4, -0.2) is 11.3 Å². The van der Waals surface area contributed by atoms with Gasteiger partial charge in [0.25, 0.3) is 0 Å². The topological polar surface area (TPSA) is 0 Å². The lowest BCUT2D eigenvalue weighted by atomic mass is 9.79. The molecule has 2 aliphatic rings. The molecule has 5 rings (SSSR count). The monoisotopic (exact) mass is 679 g/mol. The van der Waals surface area contributed by atoms with Crippen molar-refractivity contribution in [1.29, 1.82) is 0 Å². The van der Waals surface area contributed by atoms with Crippen molar-refractivity contribution in [3.8, 4) is 22.3 Å². The van der Waals surface area contributed by atoms with Crippen molar-refractivity contribution in [1.82, 2.24) is 0 Å². The van der Waals surface area contributed by atoms with Crippen molar-refractivity contribution < 1.29 is 0 Å². The molecule has 2 fully saturated rings. The summed E-state index contributed by atoms with van der Waals surface area (Å²) in [6.07, 6.45) is 14.2. The van der Waals surface area contributed by atoms with Crippen LogP contribution in [-0.2, 0) is 0 Å². The van der Waals surface area contributed by atoms with E-state index in [2.05, 4.69) is 126 Å². The molecular formula is C48H71P. The van der Waals surface area contributed by atoms with E-state index in [-0.39, 0.29) is 7.92 Å². The summed E-state index contributed by atoms with van der Waals surface area (Å²) in [5.74, 6) is 2.94. The molecule has 0 atom stereocenters. The average molecular weight is 679 g/mol. The van der Waals surface area contributed by atoms with Gasteiger partial charge < -0.3 is 0 Å². The Morgan fingerprint density at radius 2 is 0.735 bits per heavy atom. The maximum absolute atomic E-state index is 2.60. The van der Waals surface area contributed by atoms with E-state index in [1.807, 2.05) is 0 Å². The third-order valence-electron chi connectivity index (χ3n) is 12.0. The Morgan fingerprint density at radius 1 is 0.429 bits per heavy atom. The van der Waals surface area contributed by atoms with Gasteiger partial charge in [0.1, 0.15) is 0 Å². The standard InChI is InChI=1S/C48H71P/c1-30(2)36-26-42(32(5)6)46(43(27-36)33(7)8)40-24-19-25-41(47-44(34(9)10)28-37(31(3)4)29-45(47)35(11)12)48(40)49(38-20-15-13-16-21-38)39-22-17-14-18-23-39/h19,24-35,38-39H,13-18,20-23H2,1-12H3. The highest BCUT2D eigenvalue weighted by Crippen LogP contribution is 2.59. The normalized spacial score (nSPS) is 16.9. The second kappa shape index (κ2) is 16.6. The van der Waals surface area contributed by atoms with Crippen molar-refractivity contribution in [2.75, 3.05) is 0 Å². The van der Waals surface area contributed by atoms with Crippen molar-refractivity contribution in [2.45, 2.75) is 194 Å². The molecule has 2 saturated carbocycles. The lowest BCUT2D eigenvalue weighted by Gasteiger charge is -2.41. The SMILES string of the molecule is CC(C)c1cc(C(C)C)c(-c2cccc(-c3c(C(C)C)cc(C(C)C)cc3C(C)C)c2P(C2CCCCC2)C2CCCCC2)c(C(C)C)c1. The van der Waals surface area contributed by atoms with Crippen molar-refractivity contribution in [3.05, 3.63) is 75.8 Å². The highest BCUT2D eigenvalue weighted by atomic mass is 31.1. The first-order chi connectivity index (χ1) is 23.3. The van der Waals surface area contributed by atoms with Gasteiger partial charge in [-0.1, -0.05) is 172 Å². The van der Waals surface area contributed by atoms with Crippen LogP contribution in [0.2, 0.25) is 0 Å². The van der Waals surface area contributed by atoms with Gasteiger partial charge in [-0.05, 0) is 133 Å². The molecule has 0 aromatic heterocycles. The summed E-state index contributed by atoms with van der Waals surface area (Å²) in [4.78, 5) is 0. The molecule has 0 bridgehead atoms. The Morgan fingerprint density at radius 3 is 1.00 bits per heavy atom. The molecule has 1 heteroatoms. The van der Waals surface area contributed by atoms with Gasteiger partial charge in [0, 0.05) is 0 Å². The zero-order valence-corrected chi connectivity index (χ0v) is 34.6. The minimum atomic E-state index is -0.348. The van der Waals surface area contributed by atoms with Crippen LogP contribution >= 0.6 is 7.92 Å². The van der Waals surface area contributed by atoms with Crippen molar-refractivity contribution in [2.24, 2.45) is 0 Å². The summed E-state index contributed by atoms with van der Waals surface area (Å²) < 4.78 is 0. The van der Waals surface area contributed by atoms with Gasteiger partial charge in [-0.2, -0.15) is 0 Å². The fourth-order valence-electron chi connectivity index (χ4n) is 9.14. The molecule has 0 unspecified atom stereocenters. The molecule has 3 aromatic carbocycles. The Kier molecular flexibility index (Phi) is 13.0. The van der Waals surface area contributed by atoms with Crippen LogP contribution in [0.5, 0.6) is 0 Å². The maximum Gasteiger partial charge on any atom is -0.00783 e. The van der Waals surface area contributed by atoms with Crippen molar-refractivity contribution in [3.63, 3.8) is 0 Å². The van der Waals surface area contributed by atoms with Gasteiger partial charge in [-0.25, -0.2) is 0 Å². The fraction of sp³-hybridized carbons (Fsp3) is 0.625. The predicted molar refractivity (Wildman–Crippen MR) is 222 cm³/mol. The van der Waals surface area contributed by atoms with Crippen LogP contribution in [0.4, 0.5) is 0 Å². The highest BCUT2D eigenvalue weighted by Gasteiger charge is 2.37. The number of hydrogen-bond donors (Lipinski definition) is 0. The maximum atomic E-state index is 2.60. The summed E-state index contributed by atoms with van der Waals surface area (Å²) >= 11 is 0. The zero-order valence-electron chi connectivity index (χ0n) is 33.7. The number of benzene rings is 3. The first-order valence-electron chi connectivity index (χ1n) is 20.6. The summed E-state index contributed by atoms with van der Waals surface area (Å²) in [6.45, 7) is 29.1.